The zero-order valence-electron chi connectivity index (χ0n) is 12.7. The molecule has 1 atom stereocenters. The van der Waals surface area contributed by atoms with Gasteiger partial charge in [0.05, 0.1) is 0 Å². The van der Waals surface area contributed by atoms with Gasteiger partial charge in [0.15, 0.2) is 5.96 Å². The first-order valence-corrected chi connectivity index (χ1v) is 7.91. The Labute approximate surface area is 140 Å². The molecule has 5 heteroatoms. The molecule has 0 amide bonds. The van der Waals surface area contributed by atoms with Crippen molar-refractivity contribution < 1.29 is 0 Å². The van der Waals surface area contributed by atoms with Crippen molar-refractivity contribution in [3.63, 3.8) is 0 Å². The lowest BCUT2D eigenvalue weighted by molar-refractivity contribution is 0.489. The zero-order chi connectivity index (χ0) is 13.8. The van der Waals surface area contributed by atoms with Gasteiger partial charge in [-0.15, -0.1) is 30.6 Å². The summed E-state index contributed by atoms with van der Waals surface area (Å²) in [5, 5.41) is 6.75. The Bertz CT molecular complexity index is 245. The Morgan fingerprint density at radius 2 is 2.00 bits per heavy atom. The van der Waals surface area contributed by atoms with Gasteiger partial charge >= 0.3 is 0 Å². The fourth-order valence-corrected chi connectivity index (χ4v) is 2.07. The molecule has 2 N–H and O–H groups in total. The molecule has 0 fully saturated rings. The highest BCUT2D eigenvalue weighted by Crippen LogP contribution is 2.06. The van der Waals surface area contributed by atoms with Crippen LogP contribution >= 0.6 is 35.7 Å². The Balaban J connectivity index is 0. The second kappa shape index (κ2) is 14.5. The van der Waals surface area contributed by atoms with E-state index in [1.807, 2.05) is 24.9 Å². The van der Waals surface area contributed by atoms with Crippen molar-refractivity contribution in [1.82, 2.24) is 10.6 Å². The van der Waals surface area contributed by atoms with Crippen LogP contribution in [0.5, 0.6) is 0 Å². The Kier molecular flexibility index (Phi) is 16.3. The number of nitrogens with one attached hydrogen (secondary N) is 2. The van der Waals surface area contributed by atoms with Gasteiger partial charge < -0.3 is 10.6 Å². The van der Waals surface area contributed by atoms with Gasteiger partial charge in [0.1, 0.15) is 0 Å². The summed E-state index contributed by atoms with van der Waals surface area (Å²) in [5.41, 5.74) is 0. The zero-order valence-corrected chi connectivity index (χ0v) is 15.9. The average molecular weight is 399 g/mol. The average Bonchev–Trinajstić information content (AvgIpc) is 2.34. The minimum Gasteiger partial charge on any atom is -0.356 e. The number of thioether (sulfide) groups is 1. The molecule has 3 nitrogen and oxygen atoms in total. The second-order valence-corrected chi connectivity index (χ2v) is 6.03. The van der Waals surface area contributed by atoms with Gasteiger partial charge in [0, 0.05) is 31.1 Å². The van der Waals surface area contributed by atoms with Crippen LogP contribution in [-0.4, -0.2) is 37.1 Å². The third kappa shape index (κ3) is 14.3. The van der Waals surface area contributed by atoms with Crippen molar-refractivity contribution in [3.05, 3.63) is 12.7 Å². The molecule has 0 saturated heterocycles. The summed E-state index contributed by atoms with van der Waals surface area (Å²) in [6.07, 6.45) is 4.37. The maximum Gasteiger partial charge on any atom is 0.191 e. The lowest BCUT2D eigenvalue weighted by atomic mass is 10.0. The van der Waals surface area contributed by atoms with E-state index in [9.17, 15) is 0 Å². The first-order chi connectivity index (χ1) is 8.60. The number of nitrogens with zero attached hydrogens (tertiary/aromatic N) is 1. The molecule has 114 valence electrons. The van der Waals surface area contributed by atoms with Crippen LogP contribution in [0.1, 0.15) is 33.6 Å². The number of rotatable bonds is 9. The SMILES string of the molecule is C=CCSCCNC(=NC)NC(C)CCC(C)C.I. The number of halogens is 1. The molecule has 0 heterocycles. The van der Waals surface area contributed by atoms with Gasteiger partial charge in [0.25, 0.3) is 0 Å². The maximum absolute atomic E-state index is 4.24. The van der Waals surface area contributed by atoms with Gasteiger partial charge in [-0.3, -0.25) is 4.99 Å². The van der Waals surface area contributed by atoms with Crippen LogP contribution in [0.4, 0.5) is 0 Å². The first kappa shape index (κ1) is 21.4. The molecule has 0 spiro atoms. The Hall–Kier alpha value is 0.0900. The van der Waals surface area contributed by atoms with Crippen molar-refractivity contribution >= 4 is 41.7 Å². The van der Waals surface area contributed by atoms with Crippen molar-refractivity contribution in [2.24, 2.45) is 10.9 Å². The van der Waals surface area contributed by atoms with E-state index in [0.29, 0.717) is 6.04 Å². The Morgan fingerprint density at radius 3 is 2.53 bits per heavy atom. The van der Waals surface area contributed by atoms with Crippen molar-refractivity contribution in [2.75, 3.05) is 25.1 Å². The molecule has 0 bridgehead atoms. The molecule has 0 rings (SSSR count). The van der Waals surface area contributed by atoms with E-state index in [0.717, 1.165) is 29.9 Å². The van der Waals surface area contributed by atoms with E-state index in [2.05, 4.69) is 43.0 Å². The van der Waals surface area contributed by atoms with Crippen LogP contribution in [-0.2, 0) is 0 Å². The van der Waals surface area contributed by atoms with Crippen LogP contribution in [0.25, 0.3) is 0 Å². The maximum atomic E-state index is 4.24. The minimum absolute atomic E-state index is 0. The molecule has 0 aliphatic heterocycles. The summed E-state index contributed by atoms with van der Waals surface area (Å²) in [6, 6.07) is 0.472. The quantitative estimate of drug-likeness (QED) is 0.205. The van der Waals surface area contributed by atoms with E-state index < -0.39 is 0 Å². The highest BCUT2D eigenvalue weighted by atomic mass is 127. The first-order valence-electron chi connectivity index (χ1n) is 6.76. The topological polar surface area (TPSA) is 36.4 Å². The monoisotopic (exact) mass is 399 g/mol. The summed E-state index contributed by atoms with van der Waals surface area (Å²) < 4.78 is 0. The molecule has 0 radical (unpaired) electrons. The number of hydrogen-bond donors (Lipinski definition) is 2. The summed E-state index contributed by atoms with van der Waals surface area (Å²) >= 11 is 1.88. The second-order valence-electron chi connectivity index (χ2n) is 4.88. The lowest BCUT2D eigenvalue weighted by Gasteiger charge is -2.18. The standard InChI is InChI=1S/C14H29N3S.HI/c1-6-10-18-11-9-16-14(15-5)17-13(4)8-7-12(2)3;/h6,12-13H,1,7-11H2,2-5H3,(H2,15,16,17);1H. The molecular formula is C14H30IN3S. The van der Waals surface area contributed by atoms with E-state index in [1.54, 1.807) is 0 Å². The fourth-order valence-electron chi connectivity index (χ4n) is 1.49. The largest absolute Gasteiger partial charge is 0.356 e. The third-order valence-corrected chi connectivity index (χ3v) is 3.52. The fraction of sp³-hybridized carbons (Fsp3) is 0.786. The van der Waals surface area contributed by atoms with Crippen LogP contribution in [0, 0.1) is 5.92 Å². The summed E-state index contributed by atoms with van der Waals surface area (Å²) in [7, 11) is 1.82. The molecule has 0 aliphatic carbocycles. The van der Waals surface area contributed by atoms with Gasteiger partial charge in [-0.25, -0.2) is 0 Å². The van der Waals surface area contributed by atoms with Crippen molar-refractivity contribution in [1.29, 1.82) is 0 Å². The van der Waals surface area contributed by atoms with Crippen LogP contribution in [0.3, 0.4) is 0 Å². The van der Waals surface area contributed by atoms with Crippen LogP contribution < -0.4 is 10.6 Å². The number of guanidine groups is 1. The van der Waals surface area contributed by atoms with Gasteiger partial charge in [0.2, 0.25) is 0 Å². The van der Waals surface area contributed by atoms with E-state index in [4.69, 9.17) is 0 Å². The molecule has 0 aliphatic rings. The predicted molar refractivity (Wildman–Crippen MR) is 101 cm³/mol. The van der Waals surface area contributed by atoms with E-state index in [-0.39, 0.29) is 24.0 Å². The molecule has 0 aromatic rings. The van der Waals surface area contributed by atoms with Crippen LogP contribution in [0.2, 0.25) is 0 Å². The van der Waals surface area contributed by atoms with Gasteiger partial charge in [-0.2, -0.15) is 11.8 Å². The number of aliphatic imine (C=N–C) groups is 1. The van der Waals surface area contributed by atoms with E-state index in [1.165, 1.54) is 12.8 Å². The summed E-state index contributed by atoms with van der Waals surface area (Å²) in [6.45, 7) is 11.4. The van der Waals surface area contributed by atoms with Crippen molar-refractivity contribution in [2.45, 2.75) is 39.7 Å². The molecule has 1 unspecified atom stereocenters. The summed E-state index contributed by atoms with van der Waals surface area (Å²) in [4.78, 5) is 4.24. The smallest absolute Gasteiger partial charge is 0.191 e. The predicted octanol–water partition coefficient (Wildman–Crippen LogP) is 3.51. The van der Waals surface area contributed by atoms with Gasteiger partial charge in [-0.1, -0.05) is 19.9 Å². The van der Waals surface area contributed by atoms with Gasteiger partial charge in [-0.05, 0) is 25.7 Å². The molecule has 0 saturated carbocycles. The lowest BCUT2D eigenvalue weighted by Crippen LogP contribution is -2.43. The minimum atomic E-state index is 0. The summed E-state index contributed by atoms with van der Waals surface area (Å²) in [5.74, 6) is 3.76. The van der Waals surface area contributed by atoms with Crippen molar-refractivity contribution in [3.8, 4) is 0 Å². The number of hydrogen-bond acceptors (Lipinski definition) is 2. The Morgan fingerprint density at radius 1 is 1.32 bits per heavy atom. The molecule has 0 aromatic heterocycles. The molecule has 19 heavy (non-hydrogen) atoms. The molecule has 0 aromatic carbocycles. The molecular weight excluding hydrogens is 369 g/mol. The van der Waals surface area contributed by atoms with E-state index >= 15 is 0 Å². The normalized spacial score (nSPS) is 12.8. The van der Waals surface area contributed by atoms with Crippen LogP contribution in [0.15, 0.2) is 17.6 Å². The highest BCUT2D eigenvalue weighted by molar-refractivity contribution is 14.0. The highest BCUT2D eigenvalue weighted by Gasteiger charge is 2.05. The third-order valence-electron chi connectivity index (χ3n) is 2.56.